The van der Waals surface area contributed by atoms with Crippen LogP contribution in [-0.2, 0) is 10.0 Å². The topological polar surface area (TPSA) is 71.1 Å². The monoisotopic (exact) mass is 555 g/mol. The van der Waals surface area contributed by atoms with Crippen LogP contribution < -0.4 is 10.0 Å². The number of anilines is 1. The molecule has 2 N–H and O–H groups in total. The molecule has 5 nitrogen and oxygen atoms in total. The minimum Gasteiger partial charge on any atom is -0.314 e. The van der Waals surface area contributed by atoms with E-state index in [0.29, 0.717) is 10.6 Å². The number of allylic oxidation sites excluding steroid dienone is 1. The van der Waals surface area contributed by atoms with Crippen LogP contribution in [-0.4, -0.2) is 31.7 Å². The van der Waals surface area contributed by atoms with Gasteiger partial charge in [0.05, 0.1) is 10.5 Å². The Morgan fingerprint density at radius 2 is 2.00 bits per heavy atom. The first-order valence-electron chi connectivity index (χ1n) is 11.0. The second kappa shape index (κ2) is 11.4. The molecule has 2 aromatic carbocycles. The van der Waals surface area contributed by atoms with Crippen molar-refractivity contribution in [2.45, 2.75) is 35.6 Å². The number of rotatable bonds is 9. The fraction of sp³-hybridized carbons (Fsp3) is 0.292. The molecule has 0 saturated carbocycles. The molecule has 0 unspecified atom stereocenters. The van der Waals surface area contributed by atoms with E-state index in [0.717, 1.165) is 42.7 Å². The lowest BCUT2D eigenvalue weighted by atomic mass is 9.81. The molecule has 186 valence electrons. The summed E-state index contributed by atoms with van der Waals surface area (Å²) in [4.78, 5) is 3.80. The minimum absolute atomic E-state index is 0.0769. The second-order valence-corrected chi connectivity index (χ2v) is 11.9. The van der Waals surface area contributed by atoms with Crippen LogP contribution in [0.5, 0.6) is 0 Å². The molecule has 0 fully saturated rings. The molecule has 0 aliphatic heterocycles. The lowest BCUT2D eigenvalue weighted by Gasteiger charge is -2.33. The number of hydrogen-bond acceptors (Lipinski definition) is 6. The number of benzene rings is 2. The van der Waals surface area contributed by atoms with Crippen molar-refractivity contribution >= 4 is 56.1 Å². The van der Waals surface area contributed by atoms with Crippen molar-refractivity contribution in [1.29, 1.82) is 0 Å². The average molecular weight is 556 g/mol. The lowest BCUT2D eigenvalue weighted by molar-refractivity contribution is 0.416. The van der Waals surface area contributed by atoms with Crippen molar-refractivity contribution < 1.29 is 17.2 Å². The Morgan fingerprint density at radius 3 is 2.69 bits per heavy atom. The Morgan fingerprint density at radius 1 is 1.23 bits per heavy atom. The van der Waals surface area contributed by atoms with Gasteiger partial charge in [0.1, 0.15) is 16.5 Å². The third kappa shape index (κ3) is 6.24. The number of thiazole rings is 1. The molecular formula is C24H24ClF2N3O2S3. The smallest absolute Gasteiger partial charge is 0.266 e. The molecule has 1 aromatic heterocycles. The van der Waals surface area contributed by atoms with Crippen LogP contribution in [0.2, 0.25) is 5.02 Å². The van der Waals surface area contributed by atoms with E-state index in [-0.39, 0.29) is 28.6 Å². The van der Waals surface area contributed by atoms with Gasteiger partial charge in [-0.2, -0.15) is 0 Å². The summed E-state index contributed by atoms with van der Waals surface area (Å²) in [6.45, 7) is 2.85. The summed E-state index contributed by atoms with van der Waals surface area (Å²) >= 11 is 9.00. The third-order valence-electron chi connectivity index (χ3n) is 5.74. The number of aromatic nitrogens is 1. The second-order valence-electron chi connectivity index (χ2n) is 8.02. The van der Waals surface area contributed by atoms with Crippen molar-refractivity contribution in [3.05, 3.63) is 75.6 Å². The molecule has 4 rings (SSSR count). The van der Waals surface area contributed by atoms with Crippen molar-refractivity contribution in [2.24, 2.45) is 5.92 Å². The largest absolute Gasteiger partial charge is 0.314 e. The zero-order chi connectivity index (χ0) is 25.0. The summed E-state index contributed by atoms with van der Waals surface area (Å²) in [5, 5.41) is 5.19. The Hall–Kier alpha value is -1.98. The Labute approximate surface area is 217 Å². The number of hydrogen-bond donors (Lipinski definition) is 2. The number of thioether (sulfide) groups is 1. The Bertz CT molecular complexity index is 1300. The van der Waals surface area contributed by atoms with Crippen LogP contribution in [0.1, 0.15) is 25.3 Å². The predicted molar refractivity (Wildman–Crippen MR) is 140 cm³/mol. The van der Waals surface area contributed by atoms with E-state index in [1.54, 1.807) is 12.1 Å². The van der Waals surface area contributed by atoms with Crippen molar-refractivity contribution in [2.75, 3.05) is 17.0 Å². The molecule has 1 aliphatic carbocycles. The highest BCUT2D eigenvalue weighted by atomic mass is 35.5. The quantitative estimate of drug-likeness (QED) is 0.297. The average Bonchev–Trinajstić information content (AvgIpc) is 3.33. The minimum atomic E-state index is -4.18. The summed E-state index contributed by atoms with van der Waals surface area (Å²) in [6.07, 6.45) is 4.03. The van der Waals surface area contributed by atoms with E-state index in [1.807, 2.05) is 6.92 Å². The molecule has 0 radical (unpaired) electrons. The molecule has 11 heteroatoms. The van der Waals surface area contributed by atoms with Crippen molar-refractivity contribution in [3.63, 3.8) is 0 Å². The van der Waals surface area contributed by atoms with Gasteiger partial charge in [-0.1, -0.05) is 36.7 Å². The molecule has 1 heterocycles. The fourth-order valence-corrected chi connectivity index (χ4v) is 7.33. The molecule has 35 heavy (non-hydrogen) atoms. The maximum Gasteiger partial charge on any atom is 0.266 e. The highest BCUT2D eigenvalue weighted by Crippen LogP contribution is 2.39. The van der Waals surface area contributed by atoms with Gasteiger partial charge < -0.3 is 5.32 Å². The number of nitrogens with one attached hydrogen (secondary N) is 2. The van der Waals surface area contributed by atoms with E-state index >= 15 is 0 Å². The van der Waals surface area contributed by atoms with Gasteiger partial charge in [-0.05, 0) is 54.8 Å². The van der Waals surface area contributed by atoms with Gasteiger partial charge in [-0.3, -0.25) is 4.72 Å². The first-order valence-corrected chi connectivity index (χ1v) is 14.8. The standard InChI is InChI=1S/C24H24ClF2N3O2S3/c1-2-28-21-5-3-4-17(15-6-8-16(26)9-7-15)18(21)12-34-22-11-20(27)23(10-19(22)25)35(31,32)30-24-13-33-14-29-24/h4,6-11,13-14,18,21,28,30H,2-3,5,12H2,1H3/t18-,21-/m1/s1. The first kappa shape index (κ1) is 26.1. The summed E-state index contributed by atoms with van der Waals surface area (Å²) in [5.41, 5.74) is 3.53. The summed E-state index contributed by atoms with van der Waals surface area (Å²) in [7, 11) is -4.18. The number of sulfonamides is 1. The molecule has 0 amide bonds. The maximum absolute atomic E-state index is 14.9. The summed E-state index contributed by atoms with van der Waals surface area (Å²) in [5.74, 6) is -0.394. The van der Waals surface area contributed by atoms with Gasteiger partial charge in [0.25, 0.3) is 10.0 Å². The van der Waals surface area contributed by atoms with E-state index < -0.39 is 20.7 Å². The predicted octanol–water partition coefficient (Wildman–Crippen LogP) is 6.44. The summed E-state index contributed by atoms with van der Waals surface area (Å²) < 4.78 is 55.9. The zero-order valence-electron chi connectivity index (χ0n) is 18.8. The van der Waals surface area contributed by atoms with Crippen LogP contribution in [0.15, 0.2) is 63.2 Å². The van der Waals surface area contributed by atoms with E-state index in [4.69, 9.17) is 11.6 Å². The molecule has 1 aliphatic rings. The third-order valence-corrected chi connectivity index (χ3v) is 9.29. The van der Waals surface area contributed by atoms with Gasteiger partial charge in [0.15, 0.2) is 5.82 Å². The van der Waals surface area contributed by atoms with Crippen LogP contribution in [0.25, 0.3) is 5.57 Å². The first-order chi connectivity index (χ1) is 16.8. The molecule has 3 aromatic rings. The van der Waals surface area contributed by atoms with Gasteiger partial charge in [-0.15, -0.1) is 23.1 Å². The van der Waals surface area contributed by atoms with E-state index in [9.17, 15) is 17.2 Å². The molecule has 0 bridgehead atoms. The van der Waals surface area contributed by atoms with Crippen LogP contribution in [0.4, 0.5) is 14.6 Å². The fourth-order valence-electron chi connectivity index (χ4n) is 4.14. The highest BCUT2D eigenvalue weighted by molar-refractivity contribution is 7.99. The van der Waals surface area contributed by atoms with Crippen molar-refractivity contribution in [3.8, 4) is 0 Å². The molecule has 0 spiro atoms. The number of nitrogens with zero attached hydrogens (tertiary/aromatic N) is 1. The highest BCUT2D eigenvalue weighted by Gasteiger charge is 2.29. The van der Waals surface area contributed by atoms with Gasteiger partial charge in [0.2, 0.25) is 0 Å². The van der Waals surface area contributed by atoms with Crippen LogP contribution >= 0.6 is 34.7 Å². The molecule has 0 saturated heterocycles. The molecular weight excluding hydrogens is 532 g/mol. The summed E-state index contributed by atoms with van der Waals surface area (Å²) in [6, 6.07) is 8.93. The van der Waals surface area contributed by atoms with Gasteiger partial charge in [-0.25, -0.2) is 22.2 Å². The maximum atomic E-state index is 14.9. The van der Waals surface area contributed by atoms with E-state index in [1.165, 1.54) is 46.1 Å². The normalized spacial score (nSPS) is 18.3. The van der Waals surface area contributed by atoms with Crippen LogP contribution in [0.3, 0.4) is 0 Å². The SMILES string of the molecule is CCN[C@@H]1CCC=C(c2ccc(F)cc2)[C@H]1CSc1cc(F)c(S(=O)(=O)Nc2cscn2)cc1Cl. The Balaban J connectivity index is 1.56. The van der Waals surface area contributed by atoms with Gasteiger partial charge >= 0.3 is 0 Å². The Kier molecular flexibility index (Phi) is 8.49. The van der Waals surface area contributed by atoms with Crippen LogP contribution in [0, 0.1) is 17.6 Å². The zero-order valence-corrected chi connectivity index (χ0v) is 22.0. The molecule has 2 atom stereocenters. The van der Waals surface area contributed by atoms with E-state index in [2.05, 4.69) is 21.1 Å². The number of halogens is 3. The van der Waals surface area contributed by atoms with Gasteiger partial charge in [0, 0.05) is 28.0 Å². The van der Waals surface area contributed by atoms with Crippen molar-refractivity contribution in [1.82, 2.24) is 10.3 Å². The lowest BCUT2D eigenvalue weighted by Crippen LogP contribution is -2.39.